The van der Waals surface area contributed by atoms with Gasteiger partial charge in [-0.3, -0.25) is 4.90 Å². The third-order valence-electron chi connectivity index (χ3n) is 3.25. The summed E-state index contributed by atoms with van der Waals surface area (Å²) in [6.07, 6.45) is 1.08. The van der Waals surface area contributed by atoms with Crippen molar-refractivity contribution in [1.29, 1.82) is 0 Å². The van der Waals surface area contributed by atoms with Gasteiger partial charge < -0.3 is 15.7 Å². The summed E-state index contributed by atoms with van der Waals surface area (Å²) in [6.45, 7) is 6.07. The molecule has 3 N–H and O–H groups in total. The minimum Gasteiger partial charge on any atom is -0.508 e. The van der Waals surface area contributed by atoms with Crippen LogP contribution in [0.2, 0.25) is 0 Å². The molecule has 0 atom stereocenters. The fourth-order valence-corrected chi connectivity index (χ4v) is 2.23. The van der Waals surface area contributed by atoms with Crippen LogP contribution in [0.15, 0.2) is 24.3 Å². The van der Waals surface area contributed by atoms with E-state index in [1.807, 2.05) is 12.1 Å². The molecule has 1 aliphatic heterocycles. The van der Waals surface area contributed by atoms with E-state index in [2.05, 4.69) is 15.9 Å². The van der Waals surface area contributed by atoms with Crippen molar-refractivity contribution in [3.05, 3.63) is 24.3 Å². The smallest absolute Gasteiger partial charge is 0.117 e. The van der Waals surface area contributed by atoms with Crippen molar-refractivity contribution in [2.75, 3.05) is 44.2 Å². The summed E-state index contributed by atoms with van der Waals surface area (Å²) >= 11 is 0. The molecular formula is C13H21N3O. The lowest BCUT2D eigenvalue weighted by atomic mass is 10.2. The molecule has 0 aromatic heterocycles. The van der Waals surface area contributed by atoms with Crippen LogP contribution in [0, 0.1) is 0 Å². The van der Waals surface area contributed by atoms with Gasteiger partial charge in [0.05, 0.1) is 0 Å². The Balaban J connectivity index is 1.86. The number of aromatic hydroxyl groups is 1. The van der Waals surface area contributed by atoms with Gasteiger partial charge in [0.15, 0.2) is 0 Å². The van der Waals surface area contributed by atoms with E-state index in [0.29, 0.717) is 5.75 Å². The number of phenols is 1. The van der Waals surface area contributed by atoms with Crippen molar-refractivity contribution < 1.29 is 5.11 Å². The maximum absolute atomic E-state index is 9.46. The third kappa shape index (κ3) is 3.35. The number of phenolic OH excluding ortho intramolecular Hbond substituents is 1. The van der Waals surface area contributed by atoms with Crippen molar-refractivity contribution in [3.8, 4) is 5.75 Å². The van der Waals surface area contributed by atoms with Crippen LogP contribution in [0.4, 0.5) is 5.69 Å². The van der Waals surface area contributed by atoms with Crippen molar-refractivity contribution >= 4 is 5.69 Å². The number of anilines is 1. The lowest BCUT2D eigenvalue weighted by molar-refractivity contribution is 0.256. The molecule has 1 fully saturated rings. The molecule has 1 heterocycles. The second kappa shape index (κ2) is 5.89. The minimum atomic E-state index is 0.341. The van der Waals surface area contributed by atoms with E-state index in [9.17, 15) is 5.11 Å². The summed E-state index contributed by atoms with van der Waals surface area (Å²) < 4.78 is 0. The Morgan fingerprint density at radius 2 is 1.94 bits per heavy atom. The number of hydrogen-bond acceptors (Lipinski definition) is 4. The highest BCUT2D eigenvalue weighted by Gasteiger charge is 2.16. The Hall–Kier alpha value is -1.26. The Kier molecular flexibility index (Phi) is 4.23. The van der Waals surface area contributed by atoms with E-state index in [1.54, 1.807) is 6.07 Å². The van der Waals surface area contributed by atoms with Gasteiger partial charge in [0.2, 0.25) is 0 Å². The van der Waals surface area contributed by atoms with E-state index in [1.165, 1.54) is 0 Å². The first kappa shape index (κ1) is 12.2. The Bertz CT molecular complexity index is 348. The highest BCUT2D eigenvalue weighted by Crippen LogP contribution is 2.21. The molecule has 94 valence electrons. The molecule has 4 nitrogen and oxygen atoms in total. The Morgan fingerprint density at radius 3 is 2.59 bits per heavy atom. The van der Waals surface area contributed by atoms with Gasteiger partial charge in [0, 0.05) is 37.9 Å². The van der Waals surface area contributed by atoms with Crippen molar-refractivity contribution in [3.63, 3.8) is 0 Å². The number of nitrogens with two attached hydrogens (primary N) is 1. The first-order valence-electron chi connectivity index (χ1n) is 6.26. The van der Waals surface area contributed by atoms with Crippen LogP contribution in [0.25, 0.3) is 0 Å². The quantitative estimate of drug-likeness (QED) is 0.813. The van der Waals surface area contributed by atoms with Crippen LogP contribution < -0.4 is 10.6 Å². The maximum Gasteiger partial charge on any atom is 0.117 e. The highest BCUT2D eigenvalue weighted by molar-refractivity contribution is 5.50. The Labute approximate surface area is 103 Å². The molecule has 0 unspecified atom stereocenters. The molecule has 1 aromatic carbocycles. The van der Waals surface area contributed by atoms with Gasteiger partial charge in [-0.25, -0.2) is 0 Å². The topological polar surface area (TPSA) is 52.7 Å². The average Bonchev–Trinajstić information content (AvgIpc) is 2.37. The number of nitrogens with zero attached hydrogens (tertiary/aromatic N) is 2. The van der Waals surface area contributed by atoms with Crippen LogP contribution in [0.1, 0.15) is 6.42 Å². The van der Waals surface area contributed by atoms with Crippen LogP contribution in [-0.4, -0.2) is 49.3 Å². The van der Waals surface area contributed by atoms with Crippen LogP contribution in [0.5, 0.6) is 5.75 Å². The van der Waals surface area contributed by atoms with Gasteiger partial charge in [-0.2, -0.15) is 0 Å². The zero-order valence-electron chi connectivity index (χ0n) is 10.2. The summed E-state index contributed by atoms with van der Waals surface area (Å²) in [5, 5.41) is 9.46. The van der Waals surface area contributed by atoms with Crippen molar-refractivity contribution in [2.24, 2.45) is 5.73 Å². The zero-order chi connectivity index (χ0) is 12.1. The largest absolute Gasteiger partial charge is 0.508 e. The summed E-state index contributed by atoms with van der Waals surface area (Å²) in [5.74, 6) is 0.341. The van der Waals surface area contributed by atoms with Crippen molar-refractivity contribution in [1.82, 2.24) is 4.90 Å². The molecule has 1 saturated heterocycles. The third-order valence-corrected chi connectivity index (χ3v) is 3.25. The molecule has 0 bridgehead atoms. The van der Waals surface area contributed by atoms with Crippen molar-refractivity contribution in [2.45, 2.75) is 6.42 Å². The van der Waals surface area contributed by atoms with E-state index < -0.39 is 0 Å². The summed E-state index contributed by atoms with van der Waals surface area (Å²) in [4.78, 5) is 4.77. The molecule has 1 aliphatic rings. The lowest BCUT2D eigenvalue weighted by Crippen LogP contribution is -2.46. The van der Waals surface area contributed by atoms with Gasteiger partial charge >= 0.3 is 0 Å². The predicted octanol–water partition coefficient (Wildman–Crippen LogP) is 0.863. The number of benzene rings is 1. The summed E-state index contributed by atoms with van der Waals surface area (Å²) in [5.41, 5.74) is 6.63. The number of hydrogen-bond donors (Lipinski definition) is 2. The number of piperazine rings is 1. The van der Waals surface area contributed by atoms with Gasteiger partial charge in [-0.05, 0) is 31.6 Å². The molecular weight excluding hydrogens is 214 g/mol. The molecule has 17 heavy (non-hydrogen) atoms. The molecule has 0 radical (unpaired) electrons. The first-order valence-corrected chi connectivity index (χ1v) is 6.26. The van der Waals surface area contributed by atoms with Crippen LogP contribution in [0.3, 0.4) is 0 Å². The highest BCUT2D eigenvalue weighted by atomic mass is 16.3. The number of rotatable bonds is 4. The predicted molar refractivity (Wildman–Crippen MR) is 70.4 cm³/mol. The molecule has 4 heteroatoms. The van der Waals surface area contributed by atoms with E-state index in [4.69, 9.17) is 5.73 Å². The first-order chi connectivity index (χ1) is 8.29. The van der Waals surface area contributed by atoms with E-state index in [-0.39, 0.29) is 0 Å². The van der Waals surface area contributed by atoms with Gasteiger partial charge in [0.25, 0.3) is 0 Å². The molecule has 2 rings (SSSR count). The monoisotopic (exact) mass is 235 g/mol. The summed E-state index contributed by atoms with van der Waals surface area (Å²) in [6, 6.07) is 7.48. The second-order valence-corrected chi connectivity index (χ2v) is 4.49. The average molecular weight is 235 g/mol. The molecule has 1 aromatic rings. The van der Waals surface area contributed by atoms with Gasteiger partial charge in [-0.1, -0.05) is 6.07 Å². The minimum absolute atomic E-state index is 0.341. The SMILES string of the molecule is NCCCN1CCN(c2cccc(O)c2)CC1. The normalized spacial score (nSPS) is 17.4. The fourth-order valence-electron chi connectivity index (χ4n) is 2.23. The zero-order valence-corrected chi connectivity index (χ0v) is 10.2. The standard InChI is InChI=1S/C13H21N3O/c14-5-2-6-15-7-9-16(10-8-15)12-3-1-4-13(17)11-12/h1,3-4,11,17H,2,5-10,14H2. The maximum atomic E-state index is 9.46. The molecule has 0 saturated carbocycles. The van der Waals surface area contributed by atoms with Gasteiger partial charge in [-0.15, -0.1) is 0 Å². The Morgan fingerprint density at radius 1 is 1.18 bits per heavy atom. The van der Waals surface area contributed by atoms with Crippen LogP contribution in [-0.2, 0) is 0 Å². The molecule has 0 aliphatic carbocycles. The van der Waals surface area contributed by atoms with Gasteiger partial charge in [0.1, 0.15) is 5.75 Å². The molecule has 0 spiro atoms. The molecule has 0 amide bonds. The van der Waals surface area contributed by atoms with Crippen LogP contribution >= 0.6 is 0 Å². The lowest BCUT2D eigenvalue weighted by Gasteiger charge is -2.36. The second-order valence-electron chi connectivity index (χ2n) is 4.49. The summed E-state index contributed by atoms with van der Waals surface area (Å²) in [7, 11) is 0. The fraction of sp³-hybridized carbons (Fsp3) is 0.538. The van der Waals surface area contributed by atoms with E-state index in [0.717, 1.165) is 51.4 Å². The van der Waals surface area contributed by atoms with E-state index >= 15 is 0 Å².